The standard InChI is InChI=1S/C14H19NO3/c1-15(2)9-5-6-11-10-12(14(16)18-4)7-8-13(11)17-3/h5-8,10H,9H2,1-4H3/b6-5+. The van der Waals surface area contributed by atoms with E-state index in [-0.39, 0.29) is 5.97 Å². The predicted octanol–water partition coefficient (Wildman–Crippen LogP) is 2.06. The van der Waals surface area contributed by atoms with E-state index in [2.05, 4.69) is 0 Å². The van der Waals surface area contributed by atoms with Gasteiger partial charge in [-0.25, -0.2) is 4.79 Å². The van der Waals surface area contributed by atoms with Gasteiger partial charge in [-0.1, -0.05) is 12.2 Å². The Bertz CT molecular complexity index is 439. The average molecular weight is 249 g/mol. The van der Waals surface area contributed by atoms with Crippen molar-refractivity contribution in [3.63, 3.8) is 0 Å². The SMILES string of the molecule is COC(=O)c1ccc(OC)c(/C=C/CN(C)C)c1. The third-order valence-electron chi connectivity index (χ3n) is 2.42. The zero-order valence-electron chi connectivity index (χ0n) is 11.3. The fraction of sp³-hybridized carbons (Fsp3) is 0.357. The smallest absolute Gasteiger partial charge is 0.337 e. The predicted molar refractivity (Wildman–Crippen MR) is 71.9 cm³/mol. The summed E-state index contributed by atoms with van der Waals surface area (Å²) in [7, 11) is 6.96. The molecule has 0 unspecified atom stereocenters. The lowest BCUT2D eigenvalue weighted by atomic mass is 10.1. The molecule has 0 aliphatic heterocycles. The Morgan fingerprint density at radius 2 is 2.06 bits per heavy atom. The number of hydrogen-bond donors (Lipinski definition) is 0. The highest BCUT2D eigenvalue weighted by Gasteiger charge is 2.08. The van der Waals surface area contributed by atoms with Crippen molar-refractivity contribution in [1.29, 1.82) is 0 Å². The first-order chi connectivity index (χ1) is 8.58. The molecule has 0 saturated carbocycles. The molecule has 0 N–H and O–H groups in total. The lowest BCUT2D eigenvalue weighted by Crippen LogP contribution is -2.10. The minimum atomic E-state index is -0.347. The van der Waals surface area contributed by atoms with E-state index in [1.165, 1.54) is 7.11 Å². The molecule has 0 radical (unpaired) electrons. The molecular formula is C14H19NO3. The summed E-state index contributed by atoms with van der Waals surface area (Å²) in [6.07, 6.45) is 3.95. The van der Waals surface area contributed by atoms with Crippen LogP contribution in [0.2, 0.25) is 0 Å². The molecule has 0 spiro atoms. The topological polar surface area (TPSA) is 38.8 Å². The third-order valence-corrected chi connectivity index (χ3v) is 2.42. The van der Waals surface area contributed by atoms with E-state index < -0.39 is 0 Å². The van der Waals surface area contributed by atoms with Crippen molar-refractivity contribution in [2.75, 3.05) is 34.9 Å². The van der Waals surface area contributed by atoms with Crippen molar-refractivity contribution < 1.29 is 14.3 Å². The second kappa shape index (κ2) is 6.81. The van der Waals surface area contributed by atoms with E-state index in [1.807, 2.05) is 31.1 Å². The van der Waals surface area contributed by atoms with E-state index in [1.54, 1.807) is 25.3 Å². The van der Waals surface area contributed by atoms with E-state index >= 15 is 0 Å². The van der Waals surface area contributed by atoms with E-state index in [0.29, 0.717) is 5.56 Å². The summed E-state index contributed by atoms with van der Waals surface area (Å²) in [5.41, 5.74) is 1.38. The molecule has 0 aromatic heterocycles. The number of hydrogen-bond acceptors (Lipinski definition) is 4. The van der Waals surface area contributed by atoms with Crippen molar-refractivity contribution in [3.8, 4) is 5.75 Å². The monoisotopic (exact) mass is 249 g/mol. The van der Waals surface area contributed by atoms with Crippen molar-refractivity contribution in [2.45, 2.75) is 0 Å². The fourth-order valence-corrected chi connectivity index (χ4v) is 1.50. The number of methoxy groups -OCH3 is 2. The Morgan fingerprint density at radius 3 is 2.61 bits per heavy atom. The molecule has 0 aliphatic rings. The van der Waals surface area contributed by atoms with Crippen LogP contribution in [0, 0.1) is 0 Å². The Morgan fingerprint density at radius 1 is 1.33 bits per heavy atom. The molecule has 18 heavy (non-hydrogen) atoms. The first-order valence-corrected chi connectivity index (χ1v) is 5.66. The van der Waals surface area contributed by atoms with Crippen LogP contribution in [0.1, 0.15) is 15.9 Å². The first-order valence-electron chi connectivity index (χ1n) is 5.66. The molecule has 0 fully saturated rings. The van der Waals surface area contributed by atoms with Gasteiger partial charge in [-0.3, -0.25) is 0 Å². The normalized spacial score (nSPS) is 10.9. The maximum absolute atomic E-state index is 11.5. The van der Waals surface area contributed by atoms with Gasteiger partial charge in [-0.15, -0.1) is 0 Å². The Balaban J connectivity index is 2.99. The van der Waals surface area contributed by atoms with Gasteiger partial charge in [0.1, 0.15) is 5.75 Å². The molecular weight excluding hydrogens is 230 g/mol. The number of nitrogens with zero attached hydrogens (tertiary/aromatic N) is 1. The number of carbonyl (C=O) groups is 1. The summed E-state index contributed by atoms with van der Waals surface area (Å²) in [5.74, 6) is 0.387. The van der Waals surface area contributed by atoms with Gasteiger partial charge in [0.05, 0.1) is 19.8 Å². The van der Waals surface area contributed by atoms with E-state index in [9.17, 15) is 4.79 Å². The Kier molecular flexibility index (Phi) is 5.39. The van der Waals surface area contributed by atoms with E-state index in [4.69, 9.17) is 9.47 Å². The van der Waals surface area contributed by atoms with E-state index in [0.717, 1.165) is 17.9 Å². The highest BCUT2D eigenvalue weighted by Crippen LogP contribution is 2.21. The highest BCUT2D eigenvalue weighted by atomic mass is 16.5. The molecule has 0 heterocycles. The molecule has 4 heteroatoms. The quantitative estimate of drug-likeness (QED) is 0.749. The van der Waals surface area contributed by atoms with Crippen LogP contribution in [0.15, 0.2) is 24.3 Å². The van der Waals surface area contributed by atoms with Crippen molar-refractivity contribution in [2.24, 2.45) is 0 Å². The van der Waals surface area contributed by atoms with Crippen LogP contribution in [0.25, 0.3) is 6.08 Å². The molecule has 4 nitrogen and oxygen atoms in total. The molecule has 98 valence electrons. The fourth-order valence-electron chi connectivity index (χ4n) is 1.50. The molecule has 1 aromatic rings. The maximum Gasteiger partial charge on any atom is 0.337 e. The molecule has 0 atom stereocenters. The zero-order valence-corrected chi connectivity index (χ0v) is 11.3. The van der Waals surface area contributed by atoms with Crippen molar-refractivity contribution >= 4 is 12.0 Å². The van der Waals surface area contributed by atoms with Crippen molar-refractivity contribution in [3.05, 3.63) is 35.4 Å². The number of ether oxygens (including phenoxy) is 2. The number of rotatable bonds is 5. The molecule has 0 amide bonds. The van der Waals surface area contributed by atoms with Crippen LogP contribution in [0.4, 0.5) is 0 Å². The van der Waals surface area contributed by atoms with Crippen LogP contribution in [-0.2, 0) is 4.74 Å². The number of esters is 1. The van der Waals surface area contributed by atoms with Gasteiger partial charge in [-0.2, -0.15) is 0 Å². The molecule has 1 aromatic carbocycles. The first kappa shape index (κ1) is 14.3. The average Bonchev–Trinajstić information content (AvgIpc) is 2.37. The Hall–Kier alpha value is -1.81. The van der Waals surface area contributed by atoms with Gasteiger partial charge in [0.2, 0.25) is 0 Å². The highest BCUT2D eigenvalue weighted by molar-refractivity contribution is 5.90. The van der Waals surface area contributed by atoms with Gasteiger partial charge in [-0.05, 0) is 32.3 Å². The van der Waals surface area contributed by atoms with Gasteiger partial charge in [0, 0.05) is 12.1 Å². The lowest BCUT2D eigenvalue weighted by molar-refractivity contribution is 0.0600. The van der Waals surface area contributed by atoms with Crippen LogP contribution in [-0.4, -0.2) is 45.7 Å². The summed E-state index contributed by atoms with van der Waals surface area (Å²) in [4.78, 5) is 13.5. The van der Waals surface area contributed by atoms with Crippen molar-refractivity contribution in [1.82, 2.24) is 4.90 Å². The van der Waals surface area contributed by atoms with Gasteiger partial charge in [0.15, 0.2) is 0 Å². The van der Waals surface area contributed by atoms with Gasteiger partial charge >= 0.3 is 5.97 Å². The Labute approximate surface area is 108 Å². The van der Waals surface area contributed by atoms with Crippen LogP contribution in [0.3, 0.4) is 0 Å². The summed E-state index contributed by atoms with van der Waals surface area (Å²) in [6, 6.07) is 5.21. The lowest BCUT2D eigenvalue weighted by Gasteiger charge is -2.08. The largest absolute Gasteiger partial charge is 0.496 e. The molecule has 0 bridgehead atoms. The molecule has 0 saturated heterocycles. The minimum Gasteiger partial charge on any atom is -0.496 e. The molecule has 1 rings (SSSR count). The second-order valence-electron chi connectivity index (χ2n) is 4.11. The van der Waals surface area contributed by atoms with Crippen LogP contribution < -0.4 is 4.74 Å². The maximum atomic E-state index is 11.5. The number of carbonyl (C=O) groups excluding carboxylic acids is 1. The summed E-state index contributed by atoms with van der Waals surface area (Å²) in [5, 5.41) is 0. The summed E-state index contributed by atoms with van der Waals surface area (Å²) < 4.78 is 9.95. The number of likely N-dealkylation sites (N-methyl/N-ethyl adjacent to an activating group) is 1. The summed E-state index contributed by atoms with van der Waals surface area (Å²) >= 11 is 0. The second-order valence-corrected chi connectivity index (χ2v) is 4.11. The van der Waals surface area contributed by atoms with Gasteiger partial charge in [0.25, 0.3) is 0 Å². The van der Waals surface area contributed by atoms with Gasteiger partial charge < -0.3 is 14.4 Å². The minimum absolute atomic E-state index is 0.347. The third kappa shape index (κ3) is 3.89. The molecule has 0 aliphatic carbocycles. The number of benzene rings is 1. The van der Waals surface area contributed by atoms with Crippen LogP contribution in [0.5, 0.6) is 5.75 Å². The van der Waals surface area contributed by atoms with Crippen LogP contribution >= 0.6 is 0 Å². The summed E-state index contributed by atoms with van der Waals surface area (Å²) in [6.45, 7) is 0.825. The zero-order chi connectivity index (χ0) is 13.5.